The molecule has 0 atom stereocenters. The first-order chi connectivity index (χ1) is 4.86. The summed E-state index contributed by atoms with van der Waals surface area (Å²) in [5.74, 6) is 0.623. The Morgan fingerprint density at radius 1 is 1.09 bits per heavy atom. The number of hydrogen-bond acceptors (Lipinski definition) is 0. The van der Waals surface area contributed by atoms with Gasteiger partial charge < -0.3 is 6.92 Å². The van der Waals surface area contributed by atoms with Gasteiger partial charge in [-0.25, -0.2) is 0 Å². The third kappa shape index (κ3) is 1.92. The minimum atomic E-state index is 0. The molecule has 2 rings (SSSR count). The molecular formula is C10H11Y-. The second-order valence-corrected chi connectivity index (χ2v) is 3.04. The van der Waals surface area contributed by atoms with Crippen LogP contribution in [0.4, 0.5) is 0 Å². The van der Waals surface area contributed by atoms with E-state index in [0.717, 1.165) is 0 Å². The van der Waals surface area contributed by atoms with Crippen molar-refractivity contribution >= 4 is 0 Å². The largest absolute Gasteiger partial charge is 0.340 e. The topological polar surface area (TPSA) is 0 Å². The Morgan fingerprint density at radius 3 is 2.00 bits per heavy atom. The molecule has 1 aliphatic carbocycles. The molecule has 0 heterocycles. The van der Waals surface area contributed by atoms with Crippen LogP contribution in [0.5, 0.6) is 0 Å². The first-order valence-electron chi connectivity index (χ1n) is 3.76. The van der Waals surface area contributed by atoms with Gasteiger partial charge in [-0.05, 0) is 11.1 Å². The zero-order valence-electron chi connectivity index (χ0n) is 6.59. The Kier molecular flexibility index (Phi) is 3.27. The molecule has 1 aromatic rings. The molecule has 1 heteroatoms. The summed E-state index contributed by atoms with van der Waals surface area (Å²) < 4.78 is 0. The molecule has 0 amide bonds. The summed E-state index contributed by atoms with van der Waals surface area (Å²) >= 11 is 0. The first kappa shape index (κ1) is 9.41. The average molecular weight is 220 g/mol. The van der Waals surface area contributed by atoms with Crippen LogP contribution in [-0.4, -0.2) is 0 Å². The first-order valence-corrected chi connectivity index (χ1v) is 3.76. The maximum Gasteiger partial charge on any atom is 0 e. The Balaban J connectivity index is 0.000000605. The Morgan fingerprint density at radius 2 is 1.55 bits per heavy atom. The molecule has 0 nitrogen and oxygen atoms in total. The normalized spacial score (nSPS) is 15.7. The fraction of sp³-hybridized carbons (Fsp3) is 0.300. The molecule has 0 unspecified atom stereocenters. The molecule has 1 radical (unpaired) electrons. The predicted octanol–water partition coefficient (Wildman–Crippen LogP) is 2.23. The van der Waals surface area contributed by atoms with Crippen LogP contribution in [0.2, 0.25) is 0 Å². The van der Waals surface area contributed by atoms with Gasteiger partial charge in [0.15, 0.2) is 0 Å². The smallest absolute Gasteiger partial charge is 0 e. The summed E-state index contributed by atoms with van der Waals surface area (Å²) in [6.45, 7) is 4.05. The van der Waals surface area contributed by atoms with Gasteiger partial charge in [0.05, 0.1) is 0 Å². The minimum Gasteiger partial charge on any atom is -0.340 e. The van der Waals surface area contributed by atoms with Crippen molar-refractivity contribution in [1.29, 1.82) is 0 Å². The van der Waals surface area contributed by atoms with Crippen molar-refractivity contribution in [2.24, 2.45) is 5.92 Å². The Labute approximate surface area is 93.3 Å². The Bertz CT molecular complexity index is 217. The van der Waals surface area contributed by atoms with Gasteiger partial charge in [0.25, 0.3) is 0 Å². The van der Waals surface area contributed by atoms with E-state index in [1.54, 1.807) is 0 Å². The van der Waals surface area contributed by atoms with Crippen LogP contribution in [0.1, 0.15) is 11.1 Å². The van der Waals surface area contributed by atoms with Crippen LogP contribution in [0, 0.1) is 12.8 Å². The maximum atomic E-state index is 4.05. The van der Waals surface area contributed by atoms with Gasteiger partial charge in [0.2, 0.25) is 0 Å². The van der Waals surface area contributed by atoms with E-state index in [0.29, 0.717) is 5.92 Å². The number of benzene rings is 1. The average Bonchev–Trinajstić information content (AvgIpc) is 2.27. The van der Waals surface area contributed by atoms with E-state index in [-0.39, 0.29) is 32.7 Å². The molecule has 1 aliphatic rings. The van der Waals surface area contributed by atoms with Gasteiger partial charge in [0.1, 0.15) is 0 Å². The molecule has 0 aliphatic heterocycles. The third-order valence-corrected chi connectivity index (χ3v) is 2.14. The van der Waals surface area contributed by atoms with Crippen LogP contribution in [0.25, 0.3) is 0 Å². The summed E-state index contributed by atoms with van der Waals surface area (Å²) in [4.78, 5) is 0. The number of fused-ring (bicyclic) bond motifs is 1. The van der Waals surface area contributed by atoms with Crippen molar-refractivity contribution in [1.82, 2.24) is 0 Å². The summed E-state index contributed by atoms with van der Waals surface area (Å²) in [6, 6.07) is 8.63. The van der Waals surface area contributed by atoms with Gasteiger partial charge in [-0.2, -0.15) is 5.92 Å². The molecule has 11 heavy (non-hydrogen) atoms. The molecular weight excluding hydrogens is 209 g/mol. The summed E-state index contributed by atoms with van der Waals surface area (Å²) in [5, 5.41) is 0. The van der Waals surface area contributed by atoms with E-state index >= 15 is 0 Å². The van der Waals surface area contributed by atoms with Gasteiger partial charge >= 0.3 is 0 Å². The van der Waals surface area contributed by atoms with Crippen LogP contribution < -0.4 is 0 Å². The molecule has 0 saturated carbocycles. The second-order valence-electron chi connectivity index (χ2n) is 3.04. The fourth-order valence-corrected chi connectivity index (χ4v) is 1.65. The molecule has 55 valence electrons. The van der Waals surface area contributed by atoms with Gasteiger partial charge in [-0.15, -0.1) is 0 Å². The maximum absolute atomic E-state index is 4.05. The van der Waals surface area contributed by atoms with Crippen molar-refractivity contribution in [2.75, 3.05) is 0 Å². The van der Waals surface area contributed by atoms with Gasteiger partial charge in [0, 0.05) is 32.7 Å². The van der Waals surface area contributed by atoms with Gasteiger partial charge in [-0.3, -0.25) is 0 Å². The van der Waals surface area contributed by atoms with Crippen molar-refractivity contribution < 1.29 is 32.7 Å². The molecule has 0 aromatic heterocycles. The van der Waals surface area contributed by atoms with Crippen LogP contribution >= 0.6 is 0 Å². The molecule has 0 spiro atoms. The fourth-order valence-electron chi connectivity index (χ4n) is 1.65. The van der Waals surface area contributed by atoms with E-state index in [9.17, 15) is 0 Å². The zero-order chi connectivity index (χ0) is 6.97. The van der Waals surface area contributed by atoms with E-state index in [1.807, 2.05) is 0 Å². The van der Waals surface area contributed by atoms with Crippen molar-refractivity contribution in [3.8, 4) is 0 Å². The monoisotopic (exact) mass is 220 g/mol. The van der Waals surface area contributed by atoms with Crippen molar-refractivity contribution in [3.63, 3.8) is 0 Å². The Hall–Kier alpha value is 0.324. The summed E-state index contributed by atoms with van der Waals surface area (Å²) in [7, 11) is 0. The molecule has 0 bridgehead atoms. The molecule has 0 saturated heterocycles. The minimum absolute atomic E-state index is 0. The predicted molar refractivity (Wildman–Crippen MR) is 42.7 cm³/mol. The van der Waals surface area contributed by atoms with Crippen molar-refractivity contribution in [3.05, 3.63) is 42.3 Å². The molecule has 0 N–H and O–H groups in total. The van der Waals surface area contributed by atoms with E-state index in [1.165, 1.54) is 24.0 Å². The quantitative estimate of drug-likeness (QED) is 0.588. The van der Waals surface area contributed by atoms with E-state index < -0.39 is 0 Å². The molecule has 0 fully saturated rings. The van der Waals surface area contributed by atoms with Crippen LogP contribution in [-0.2, 0) is 45.6 Å². The van der Waals surface area contributed by atoms with Crippen molar-refractivity contribution in [2.45, 2.75) is 12.8 Å². The number of hydrogen-bond donors (Lipinski definition) is 0. The summed E-state index contributed by atoms with van der Waals surface area (Å²) in [6.07, 6.45) is 2.35. The number of rotatable bonds is 0. The van der Waals surface area contributed by atoms with Gasteiger partial charge in [-0.1, -0.05) is 37.1 Å². The van der Waals surface area contributed by atoms with Crippen LogP contribution in [0.15, 0.2) is 24.3 Å². The third-order valence-electron chi connectivity index (χ3n) is 2.14. The van der Waals surface area contributed by atoms with E-state index in [2.05, 4.69) is 31.2 Å². The SMILES string of the molecule is [CH2-]C1Cc2ccccc2C1.[Y]. The standard InChI is InChI=1S/C10H11.Y/c1-8-6-9-4-2-3-5-10(9)7-8;/h2-5,8H,1,6-7H2;/q-1;. The van der Waals surface area contributed by atoms with Crippen LogP contribution in [0.3, 0.4) is 0 Å². The zero-order valence-corrected chi connectivity index (χ0v) is 9.42. The van der Waals surface area contributed by atoms with E-state index in [4.69, 9.17) is 0 Å². The summed E-state index contributed by atoms with van der Waals surface area (Å²) in [5.41, 5.74) is 3.00. The molecule has 1 aromatic carbocycles. The second kappa shape index (κ2) is 3.82.